The highest BCUT2D eigenvalue weighted by atomic mass is 19.4. The van der Waals surface area contributed by atoms with Crippen LogP contribution in [0.15, 0.2) is 60.8 Å². The van der Waals surface area contributed by atoms with Gasteiger partial charge in [-0.15, -0.1) is 5.10 Å². The molecular formula is C21H17F4N5O. The van der Waals surface area contributed by atoms with Gasteiger partial charge in [-0.05, 0) is 42.1 Å². The largest absolute Gasteiger partial charge is 0.435 e. The van der Waals surface area contributed by atoms with Crippen molar-refractivity contribution in [2.45, 2.75) is 19.1 Å². The van der Waals surface area contributed by atoms with Crippen LogP contribution in [0.5, 0.6) is 0 Å². The van der Waals surface area contributed by atoms with Gasteiger partial charge in [0.15, 0.2) is 11.4 Å². The average Bonchev–Trinajstić information content (AvgIpc) is 3.36. The maximum absolute atomic E-state index is 13.6. The Morgan fingerprint density at radius 1 is 1.06 bits per heavy atom. The van der Waals surface area contributed by atoms with E-state index < -0.39 is 29.3 Å². The molecule has 6 nitrogen and oxygen atoms in total. The van der Waals surface area contributed by atoms with Gasteiger partial charge in [-0.25, -0.2) is 9.07 Å². The van der Waals surface area contributed by atoms with Crippen molar-refractivity contribution >= 4 is 16.8 Å². The first kappa shape index (κ1) is 20.6. The Morgan fingerprint density at radius 2 is 1.87 bits per heavy atom. The van der Waals surface area contributed by atoms with E-state index in [4.69, 9.17) is 0 Å². The van der Waals surface area contributed by atoms with Crippen molar-refractivity contribution in [3.8, 4) is 5.69 Å². The smallest absolute Gasteiger partial charge is 0.351 e. The second kappa shape index (κ2) is 8.21. The summed E-state index contributed by atoms with van der Waals surface area (Å²) in [4.78, 5) is 12.4. The summed E-state index contributed by atoms with van der Waals surface area (Å²) in [6.07, 6.45) is -2.49. The lowest BCUT2D eigenvalue weighted by Crippen LogP contribution is -2.28. The van der Waals surface area contributed by atoms with Crippen molar-refractivity contribution in [3.05, 3.63) is 78.0 Å². The van der Waals surface area contributed by atoms with Crippen molar-refractivity contribution in [2.75, 3.05) is 6.54 Å². The van der Waals surface area contributed by atoms with Crippen LogP contribution in [0, 0.1) is 5.82 Å². The number of para-hydroxylation sites is 1. The Hall–Kier alpha value is -3.69. The third-order valence-corrected chi connectivity index (χ3v) is 4.75. The number of rotatable bonds is 6. The molecule has 0 unspecified atom stereocenters. The second-order valence-corrected chi connectivity index (χ2v) is 6.85. The topological polar surface area (TPSA) is 64.7 Å². The summed E-state index contributed by atoms with van der Waals surface area (Å²) in [6.45, 7) is 0.728. The molecule has 0 aliphatic heterocycles. The molecule has 1 N–H and O–H groups in total. The predicted molar refractivity (Wildman–Crippen MR) is 105 cm³/mol. The van der Waals surface area contributed by atoms with E-state index in [1.165, 1.54) is 12.1 Å². The number of hydrogen-bond donors (Lipinski definition) is 1. The van der Waals surface area contributed by atoms with Crippen LogP contribution in [0.25, 0.3) is 16.6 Å². The highest BCUT2D eigenvalue weighted by Gasteiger charge is 2.42. The fourth-order valence-electron chi connectivity index (χ4n) is 3.35. The Bertz CT molecular complexity index is 1230. The summed E-state index contributed by atoms with van der Waals surface area (Å²) in [5.41, 5.74) is -1.36. The number of aryl methyl sites for hydroxylation is 1. The van der Waals surface area contributed by atoms with Crippen molar-refractivity contribution in [2.24, 2.45) is 0 Å². The van der Waals surface area contributed by atoms with Crippen LogP contribution < -0.4 is 5.32 Å². The molecule has 4 rings (SSSR count). The number of alkyl halides is 3. The molecule has 160 valence electrons. The van der Waals surface area contributed by atoms with E-state index in [2.05, 4.69) is 15.6 Å². The number of nitrogens with one attached hydrogen (secondary N) is 1. The van der Waals surface area contributed by atoms with E-state index in [0.29, 0.717) is 17.6 Å². The van der Waals surface area contributed by atoms with Gasteiger partial charge in [-0.2, -0.15) is 13.2 Å². The minimum atomic E-state index is -4.91. The lowest BCUT2D eigenvalue weighted by molar-refractivity contribution is -0.143. The van der Waals surface area contributed by atoms with Crippen molar-refractivity contribution in [1.29, 1.82) is 0 Å². The number of benzene rings is 2. The van der Waals surface area contributed by atoms with Crippen LogP contribution in [0.2, 0.25) is 0 Å². The molecule has 2 heterocycles. The molecule has 4 aromatic rings. The molecule has 0 bridgehead atoms. The number of aromatic nitrogens is 4. The van der Waals surface area contributed by atoms with Crippen molar-refractivity contribution in [1.82, 2.24) is 24.9 Å². The minimum absolute atomic E-state index is 0.148. The first-order valence-corrected chi connectivity index (χ1v) is 9.45. The summed E-state index contributed by atoms with van der Waals surface area (Å²) in [7, 11) is 0. The Kier molecular flexibility index (Phi) is 5.45. The number of hydrogen-bond acceptors (Lipinski definition) is 3. The summed E-state index contributed by atoms with van der Waals surface area (Å²) < 4.78 is 56.8. The molecular weight excluding hydrogens is 414 g/mol. The SMILES string of the molecule is O=C(NCCCn1ccc2ccccc21)c1nnn(-c2cccc(F)c2)c1C(F)(F)F. The van der Waals surface area contributed by atoms with Crippen molar-refractivity contribution < 1.29 is 22.4 Å². The molecule has 0 aliphatic rings. The summed E-state index contributed by atoms with van der Waals surface area (Å²) >= 11 is 0. The molecule has 2 aromatic carbocycles. The quantitative estimate of drug-likeness (QED) is 0.368. The summed E-state index contributed by atoms with van der Waals surface area (Å²) in [6, 6.07) is 14.2. The first-order valence-electron chi connectivity index (χ1n) is 9.45. The number of nitrogens with zero attached hydrogens (tertiary/aromatic N) is 4. The third kappa shape index (κ3) is 4.27. The maximum atomic E-state index is 13.6. The number of carbonyl (C=O) groups is 1. The molecule has 0 saturated heterocycles. The summed E-state index contributed by atoms with van der Waals surface area (Å²) in [5, 5.41) is 10.4. The lowest BCUT2D eigenvalue weighted by Gasteiger charge is -2.11. The Labute approximate surface area is 174 Å². The summed E-state index contributed by atoms with van der Waals surface area (Å²) in [5.74, 6) is -1.72. The van der Waals surface area contributed by atoms with Crippen LogP contribution in [0.4, 0.5) is 17.6 Å². The molecule has 10 heteroatoms. The van der Waals surface area contributed by atoms with Gasteiger partial charge in [0.25, 0.3) is 5.91 Å². The van der Waals surface area contributed by atoms with Crippen molar-refractivity contribution in [3.63, 3.8) is 0 Å². The number of amides is 1. The van der Waals surface area contributed by atoms with Gasteiger partial charge in [0.1, 0.15) is 5.82 Å². The zero-order valence-corrected chi connectivity index (χ0v) is 16.1. The second-order valence-electron chi connectivity index (χ2n) is 6.85. The zero-order chi connectivity index (χ0) is 22.0. The van der Waals surface area contributed by atoms with Gasteiger partial charge < -0.3 is 9.88 Å². The fourth-order valence-corrected chi connectivity index (χ4v) is 3.35. The van der Waals surface area contributed by atoms with Crippen LogP contribution in [0.3, 0.4) is 0 Å². The predicted octanol–water partition coefficient (Wildman–Crippen LogP) is 4.20. The van der Waals surface area contributed by atoms with E-state index in [1.807, 2.05) is 41.1 Å². The Balaban J connectivity index is 1.47. The molecule has 0 fully saturated rings. The number of carbonyl (C=O) groups excluding carboxylic acids is 1. The molecule has 0 aliphatic carbocycles. The van der Waals surface area contributed by atoms with Gasteiger partial charge in [0.2, 0.25) is 0 Å². The molecule has 1 amide bonds. The molecule has 31 heavy (non-hydrogen) atoms. The van der Waals surface area contributed by atoms with Gasteiger partial charge in [0.05, 0.1) is 5.69 Å². The van der Waals surface area contributed by atoms with Gasteiger partial charge in [-0.3, -0.25) is 4.79 Å². The van der Waals surface area contributed by atoms with Gasteiger partial charge in [-0.1, -0.05) is 29.5 Å². The van der Waals surface area contributed by atoms with E-state index in [-0.39, 0.29) is 12.2 Å². The number of fused-ring (bicyclic) bond motifs is 1. The number of halogens is 4. The van der Waals surface area contributed by atoms with Gasteiger partial charge >= 0.3 is 6.18 Å². The Morgan fingerprint density at radius 3 is 2.65 bits per heavy atom. The standard InChI is InChI=1S/C21H17F4N5O/c22-15-6-3-7-16(13-15)30-19(21(23,24)25)18(27-28-30)20(31)26-10-4-11-29-12-9-14-5-1-2-8-17(14)29/h1-3,5-9,12-13H,4,10-11H2,(H,26,31). The molecule has 0 atom stereocenters. The van der Waals surface area contributed by atoms with E-state index >= 15 is 0 Å². The monoisotopic (exact) mass is 431 g/mol. The van der Waals surface area contributed by atoms with Crippen LogP contribution >= 0.6 is 0 Å². The third-order valence-electron chi connectivity index (χ3n) is 4.75. The fraction of sp³-hybridized carbons (Fsp3) is 0.190. The molecule has 2 aromatic heterocycles. The normalized spacial score (nSPS) is 11.7. The van der Waals surface area contributed by atoms with E-state index in [9.17, 15) is 22.4 Å². The van der Waals surface area contributed by atoms with Crippen LogP contribution in [-0.4, -0.2) is 32.0 Å². The van der Waals surface area contributed by atoms with Crippen LogP contribution in [0.1, 0.15) is 22.6 Å². The maximum Gasteiger partial charge on any atom is 0.435 e. The molecule has 0 saturated carbocycles. The minimum Gasteiger partial charge on any atom is -0.351 e. The zero-order valence-electron chi connectivity index (χ0n) is 16.1. The van der Waals surface area contributed by atoms with Gasteiger partial charge in [0, 0.05) is 24.8 Å². The average molecular weight is 431 g/mol. The van der Waals surface area contributed by atoms with E-state index in [1.54, 1.807) is 0 Å². The highest BCUT2D eigenvalue weighted by Crippen LogP contribution is 2.32. The first-order chi connectivity index (χ1) is 14.8. The molecule has 0 spiro atoms. The lowest BCUT2D eigenvalue weighted by atomic mass is 10.2. The van der Waals surface area contributed by atoms with E-state index in [0.717, 1.165) is 23.0 Å². The van der Waals surface area contributed by atoms with Crippen LogP contribution in [-0.2, 0) is 12.7 Å². The highest BCUT2D eigenvalue weighted by molar-refractivity contribution is 5.93. The molecule has 0 radical (unpaired) electrons.